The predicted octanol–water partition coefficient (Wildman–Crippen LogP) is 4.34. The highest BCUT2D eigenvalue weighted by Crippen LogP contribution is 2.36. The smallest absolute Gasteiger partial charge is 0.258 e. The highest BCUT2D eigenvalue weighted by Gasteiger charge is 2.35. The monoisotopic (exact) mass is 431 g/mol. The number of hydrogen-bond acceptors (Lipinski definition) is 3. The highest BCUT2D eigenvalue weighted by molar-refractivity contribution is 5.66. The Morgan fingerprint density at radius 1 is 0.938 bits per heavy atom. The number of piperidine rings is 1. The molecule has 1 aromatic heterocycles. The first-order chi connectivity index (χ1) is 15.5. The molecular weight excluding hydrogens is 401 g/mol. The summed E-state index contributed by atoms with van der Waals surface area (Å²) in [4.78, 5) is 18.2. The summed E-state index contributed by atoms with van der Waals surface area (Å²) in [5, 5.41) is 0. The fraction of sp³-hybridized carbons (Fsp3) is 0.370. The summed E-state index contributed by atoms with van der Waals surface area (Å²) in [7, 11) is 4.10. The van der Waals surface area contributed by atoms with Gasteiger partial charge in [0.15, 0.2) is 0 Å². The molecule has 5 rings (SSSR count). The van der Waals surface area contributed by atoms with Crippen LogP contribution in [-0.2, 0) is 19.6 Å². The number of pyridine rings is 1. The molecule has 166 valence electrons. The second kappa shape index (κ2) is 8.64. The molecule has 0 aliphatic carbocycles. The molecule has 0 spiro atoms. The Labute approximate surface area is 188 Å². The predicted molar refractivity (Wildman–Crippen MR) is 126 cm³/mol. The maximum Gasteiger partial charge on any atom is 0.258 e. The lowest BCUT2D eigenvalue weighted by atomic mass is 9.82. The summed E-state index contributed by atoms with van der Waals surface area (Å²) in [6.45, 7) is 4.31. The van der Waals surface area contributed by atoms with Crippen LogP contribution >= 0.6 is 0 Å². The van der Waals surface area contributed by atoms with Gasteiger partial charge in [-0.1, -0.05) is 36.4 Å². The minimum atomic E-state index is -0.194. The number of hydrogen-bond donors (Lipinski definition) is 0. The Hall–Kier alpha value is -2.76. The zero-order valence-electron chi connectivity index (χ0n) is 18.8. The van der Waals surface area contributed by atoms with Crippen molar-refractivity contribution in [2.75, 3.05) is 27.2 Å². The van der Waals surface area contributed by atoms with Crippen LogP contribution in [0.3, 0.4) is 0 Å². The van der Waals surface area contributed by atoms with Crippen molar-refractivity contribution in [2.45, 2.75) is 32.0 Å². The zero-order valence-corrected chi connectivity index (χ0v) is 18.8. The van der Waals surface area contributed by atoms with Crippen LogP contribution in [0.25, 0.3) is 11.1 Å². The van der Waals surface area contributed by atoms with Crippen molar-refractivity contribution in [2.24, 2.45) is 5.92 Å². The van der Waals surface area contributed by atoms with Crippen molar-refractivity contribution < 1.29 is 4.39 Å². The van der Waals surface area contributed by atoms with Crippen LogP contribution in [0.2, 0.25) is 0 Å². The van der Waals surface area contributed by atoms with E-state index in [0.29, 0.717) is 11.8 Å². The number of aromatic nitrogens is 1. The Balaban J connectivity index is 1.43. The number of likely N-dealkylation sites (tertiary alicyclic amines) is 1. The van der Waals surface area contributed by atoms with E-state index in [4.69, 9.17) is 0 Å². The SMILES string of the molecule is CN(C)Cc1ccccc1-c1ccc2n(c1=O)CC1CC2CN(Cc2ccc(F)cc2)C1. The molecule has 0 saturated carbocycles. The molecule has 0 radical (unpaired) electrons. The van der Waals surface area contributed by atoms with Crippen LogP contribution in [0.4, 0.5) is 4.39 Å². The largest absolute Gasteiger partial charge is 0.311 e. The third-order valence-corrected chi connectivity index (χ3v) is 6.79. The second-order valence-corrected chi connectivity index (χ2v) is 9.60. The Morgan fingerprint density at radius 3 is 2.50 bits per heavy atom. The van der Waals surface area contributed by atoms with Crippen LogP contribution in [0.15, 0.2) is 65.5 Å². The van der Waals surface area contributed by atoms with Crippen molar-refractivity contribution in [1.82, 2.24) is 14.4 Å². The quantitative estimate of drug-likeness (QED) is 0.602. The molecule has 2 aromatic carbocycles. The number of benzene rings is 2. The van der Waals surface area contributed by atoms with E-state index in [1.165, 1.54) is 17.7 Å². The maximum atomic E-state index is 13.6. The van der Waals surface area contributed by atoms with E-state index in [9.17, 15) is 9.18 Å². The van der Waals surface area contributed by atoms with Crippen molar-refractivity contribution in [1.29, 1.82) is 0 Å². The minimum absolute atomic E-state index is 0.135. The molecule has 5 heteroatoms. The Kier molecular flexibility index (Phi) is 5.70. The molecule has 4 nitrogen and oxygen atoms in total. The van der Waals surface area contributed by atoms with E-state index >= 15 is 0 Å². The summed E-state index contributed by atoms with van der Waals surface area (Å²) in [5.41, 5.74) is 5.44. The van der Waals surface area contributed by atoms with E-state index in [1.54, 1.807) is 0 Å². The molecule has 3 aromatic rings. The van der Waals surface area contributed by atoms with Crippen molar-refractivity contribution in [3.63, 3.8) is 0 Å². The summed E-state index contributed by atoms with van der Waals surface area (Å²) in [6.07, 6.45) is 1.13. The van der Waals surface area contributed by atoms with Gasteiger partial charge in [0.05, 0.1) is 0 Å². The van der Waals surface area contributed by atoms with E-state index in [0.717, 1.165) is 61.5 Å². The molecule has 0 N–H and O–H groups in total. The van der Waals surface area contributed by atoms with Gasteiger partial charge in [-0.3, -0.25) is 9.69 Å². The number of halogens is 1. The third-order valence-electron chi connectivity index (χ3n) is 6.79. The first-order valence-corrected chi connectivity index (χ1v) is 11.4. The van der Waals surface area contributed by atoms with Gasteiger partial charge >= 0.3 is 0 Å². The van der Waals surface area contributed by atoms with Gasteiger partial charge in [0.25, 0.3) is 5.56 Å². The van der Waals surface area contributed by atoms with Gasteiger partial charge in [-0.2, -0.15) is 0 Å². The first-order valence-electron chi connectivity index (χ1n) is 11.4. The summed E-state index contributed by atoms with van der Waals surface area (Å²) >= 11 is 0. The van der Waals surface area contributed by atoms with Crippen LogP contribution in [-0.4, -0.2) is 41.6 Å². The molecule has 2 unspecified atom stereocenters. The summed E-state index contributed by atoms with van der Waals surface area (Å²) in [5.74, 6) is 0.633. The molecule has 1 saturated heterocycles. The zero-order chi connectivity index (χ0) is 22.2. The van der Waals surface area contributed by atoms with E-state index in [1.807, 2.05) is 34.9 Å². The fourth-order valence-corrected chi connectivity index (χ4v) is 5.49. The topological polar surface area (TPSA) is 28.5 Å². The van der Waals surface area contributed by atoms with Gasteiger partial charge < -0.3 is 9.47 Å². The molecule has 0 amide bonds. The average molecular weight is 432 g/mol. The normalized spacial score (nSPS) is 20.4. The maximum absolute atomic E-state index is 13.6. The summed E-state index contributed by atoms with van der Waals surface area (Å²) < 4.78 is 15.3. The van der Waals surface area contributed by atoms with Gasteiger partial charge in [0, 0.05) is 49.9 Å². The van der Waals surface area contributed by atoms with Gasteiger partial charge in [-0.05, 0) is 67.4 Å². The Bertz CT molecular complexity index is 1170. The lowest BCUT2D eigenvalue weighted by Crippen LogP contribution is -2.46. The third kappa shape index (κ3) is 4.15. The first kappa shape index (κ1) is 21.1. The van der Waals surface area contributed by atoms with Gasteiger partial charge in [0.2, 0.25) is 0 Å². The molecule has 2 atom stereocenters. The molecule has 2 aliphatic rings. The number of nitrogens with zero attached hydrogens (tertiary/aromatic N) is 3. The molecular formula is C27H30FN3O. The van der Waals surface area contributed by atoms with Gasteiger partial charge in [-0.25, -0.2) is 4.39 Å². The van der Waals surface area contributed by atoms with Crippen molar-refractivity contribution in [3.05, 3.63) is 93.7 Å². The standard InChI is InChI=1S/C27H30FN3O/c1-29(2)17-21-5-3-4-6-24(21)25-11-12-26-22-13-20(16-31(26)27(25)32)15-30(18-22)14-19-7-9-23(28)10-8-19/h3-12,20,22H,13-18H2,1-2H3. The molecule has 32 heavy (non-hydrogen) atoms. The Morgan fingerprint density at radius 2 is 1.72 bits per heavy atom. The lowest BCUT2D eigenvalue weighted by Gasteiger charge is -2.43. The number of rotatable bonds is 5. The fourth-order valence-electron chi connectivity index (χ4n) is 5.49. The van der Waals surface area contributed by atoms with Crippen LogP contribution in [0, 0.1) is 11.7 Å². The van der Waals surface area contributed by atoms with Crippen LogP contribution in [0.5, 0.6) is 0 Å². The van der Waals surface area contributed by atoms with Gasteiger partial charge in [-0.15, -0.1) is 0 Å². The highest BCUT2D eigenvalue weighted by atomic mass is 19.1. The average Bonchev–Trinajstić information content (AvgIpc) is 2.76. The van der Waals surface area contributed by atoms with Crippen LogP contribution < -0.4 is 5.56 Å². The van der Waals surface area contributed by atoms with Crippen LogP contribution in [0.1, 0.15) is 29.2 Å². The molecule has 1 fully saturated rings. The lowest BCUT2D eigenvalue weighted by molar-refractivity contribution is 0.114. The van der Waals surface area contributed by atoms with Crippen molar-refractivity contribution >= 4 is 0 Å². The molecule has 2 bridgehead atoms. The van der Waals surface area contributed by atoms with E-state index in [2.05, 4.69) is 42.1 Å². The van der Waals surface area contributed by atoms with Crippen molar-refractivity contribution in [3.8, 4) is 11.1 Å². The molecule has 2 aliphatic heterocycles. The molecule has 3 heterocycles. The van der Waals surface area contributed by atoms with Gasteiger partial charge in [0.1, 0.15) is 5.82 Å². The van der Waals surface area contributed by atoms with E-state index in [-0.39, 0.29) is 11.4 Å². The number of fused-ring (bicyclic) bond motifs is 4. The van der Waals surface area contributed by atoms with E-state index < -0.39 is 0 Å². The second-order valence-electron chi connectivity index (χ2n) is 9.60. The summed E-state index contributed by atoms with van der Waals surface area (Å²) in [6, 6.07) is 19.2. The minimum Gasteiger partial charge on any atom is -0.311 e.